The number of hydrogen-bond acceptors (Lipinski definition) is 2. The molecular formula is C17H19BrO2. The molecule has 0 N–H and O–H groups in total. The second-order valence-electron chi connectivity index (χ2n) is 4.48. The van der Waals surface area contributed by atoms with Crippen LogP contribution in [-0.2, 0) is 0 Å². The number of halogens is 1. The number of ether oxygens (including phenoxy) is 2. The fourth-order valence-electron chi connectivity index (χ4n) is 1.95. The predicted molar refractivity (Wildman–Crippen MR) is 86.1 cm³/mol. The van der Waals surface area contributed by atoms with Gasteiger partial charge >= 0.3 is 0 Å². The molecule has 0 aliphatic carbocycles. The van der Waals surface area contributed by atoms with Gasteiger partial charge in [-0.05, 0) is 36.8 Å². The highest BCUT2D eigenvalue weighted by Crippen LogP contribution is 2.22. The maximum Gasteiger partial charge on any atom is 0.119 e. The van der Waals surface area contributed by atoms with Crippen molar-refractivity contribution in [3.63, 3.8) is 0 Å². The summed E-state index contributed by atoms with van der Waals surface area (Å²) in [6.07, 6.45) is 0. The highest BCUT2D eigenvalue weighted by molar-refractivity contribution is 9.09. The maximum atomic E-state index is 5.86. The standard InChI is InChI=1S/C17H19BrO2/c1-2-19-16-8-10-17(11-9-16)20-13-15(12-18)14-6-4-3-5-7-14/h3-11,15H,2,12-13H2,1H3. The van der Waals surface area contributed by atoms with Crippen LogP contribution < -0.4 is 9.47 Å². The summed E-state index contributed by atoms with van der Waals surface area (Å²) in [7, 11) is 0. The molecule has 2 rings (SSSR count). The number of benzene rings is 2. The van der Waals surface area contributed by atoms with Crippen molar-refractivity contribution in [1.29, 1.82) is 0 Å². The molecule has 106 valence electrons. The van der Waals surface area contributed by atoms with Gasteiger partial charge in [0, 0.05) is 11.2 Å². The Morgan fingerprint density at radius 1 is 0.900 bits per heavy atom. The lowest BCUT2D eigenvalue weighted by Crippen LogP contribution is -2.11. The van der Waals surface area contributed by atoms with Crippen molar-refractivity contribution in [3.05, 3.63) is 60.2 Å². The van der Waals surface area contributed by atoms with Crippen LogP contribution in [-0.4, -0.2) is 18.5 Å². The van der Waals surface area contributed by atoms with E-state index in [0.29, 0.717) is 19.1 Å². The van der Waals surface area contributed by atoms with Gasteiger partial charge in [-0.25, -0.2) is 0 Å². The van der Waals surface area contributed by atoms with Crippen molar-refractivity contribution < 1.29 is 9.47 Å². The highest BCUT2D eigenvalue weighted by atomic mass is 79.9. The molecule has 0 heterocycles. The van der Waals surface area contributed by atoms with Gasteiger partial charge in [0.1, 0.15) is 11.5 Å². The first kappa shape index (κ1) is 14.9. The van der Waals surface area contributed by atoms with Crippen LogP contribution in [0.2, 0.25) is 0 Å². The topological polar surface area (TPSA) is 18.5 Å². The van der Waals surface area contributed by atoms with Crippen LogP contribution in [0.1, 0.15) is 18.4 Å². The summed E-state index contributed by atoms with van der Waals surface area (Å²) in [4.78, 5) is 0. The Morgan fingerprint density at radius 3 is 2.05 bits per heavy atom. The van der Waals surface area contributed by atoms with E-state index in [-0.39, 0.29) is 0 Å². The van der Waals surface area contributed by atoms with E-state index in [0.717, 1.165) is 16.8 Å². The van der Waals surface area contributed by atoms with E-state index in [1.165, 1.54) is 5.56 Å². The molecule has 0 radical (unpaired) electrons. The molecule has 0 spiro atoms. The first-order valence-corrected chi connectivity index (χ1v) is 7.92. The van der Waals surface area contributed by atoms with Gasteiger partial charge in [-0.2, -0.15) is 0 Å². The molecule has 20 heavy (non-hydrogen) atoms. The predicted octanol–water partition coefficient (Wildman–Crippen LogP) is 4.64. The lowest BCUT2D eigenvalue weighted by atomic mass is 10.0. The third-order valence-electron chi connectivity index (χ3n) is 3.04. The van der Waals surface area contributed by atoms with E-state index in [4.69, 9.17) is 9.47 Å². The van der Waals surface area contributed by atoms with Crippen LogP contribution >= 0.6 is 15.9 Å². The lowest BCUT2D eigenvalue weighted by Gasteiger charge is -2.16. The quantitative estimate of drug-likeness (QED) is 0.686. The summed E-state index contributed by atoms with van der Waals surface area (Å²) in [5, 5.41) is 0.883. The molecule has 1 atom stereocenters. The summed E-state index contributed by atoms with van der Waals surface area (Å²) in [5.74, 6) is 2.10. The third-order valence-corrected chi connectivity index (χ3v) is 3.82. The second kappa shape index (κ2) is 7.95. The van der Waals surface area contributed by atoms with Crippen molar-refractivity contribution in [2.75, 3.05) is 18.5 Å². The minimum absolute atomic E-state index is 0.350. The van der Waals surface area contributed by atoms with Crippen molar-refractivity contribution >= 4 is 15.9 Å². The Kier molecular flexibility index (Phi) is 5.93. The lowest BCUT2D eigenvalue weighted by molar-refractivity contribution is 0.296. The Hall–Kier alpha value is -1.48. The molecule has 0 saturated heterocycles. The third kappa shape index (κ3) is 4.27. The smallest absolute Gasteiger partial charge is 0.119 e. The van der Waals surface area contributed by atoms with E-state index in [9.17, 15) is 0 Å². The molecule has 3 heteroatoms. The van der Waals surface area contributed by atoms with Crippen LogP contribution in [0.15, 0.2) is 54.6 Å². The molecule has 0 aliphatic heterocycles. The molecule has 0 amide bonds. The first-order chi connectivity index (χ1) is 9.83. The van der Waals surface area contributed by atoms with E-state index in [2.05, 4.69) is 40.2 Å². The summed E-state index contributed by atoms with van der Waals surface area (Å²) in [5.41, 5.74) is 1.29. The fraction of sp³-hybridized carbons (Fsp3) is 0.294. The van der Waals surface area contributed by atoms with Gasteiger partial charge in [0.25, 0.3) is 0 Å². The summed E-state index contributed by atoms with van der Waals surface area (Å²) in [6, 6.07) is 18.2. The van der Waals surface area contributed by atoms with Gasteiger partial charge in [-0.15, -0.1) is 0 Å². The zero-order valence-corrected chi connectivity index (χ0v) is 13.2. The van der Waals surface area contributed by atoms with Gasteiger partial charge in [0.2, 0.25) is 0 Å². The molecule has 2 aromatic carbocycles. The van der Waals surface area contributed by atoms with Crippen molar-refractivity contribution in [2.45, 2.75) is 12.8 Å². The molecule has 1 unspecified atom stereocenters. The zero-order chi connectivity index (χ0) is 14.2. The zero-order valence-electron chi connectivity index (χ0n) is 11.6. The van der Waals surface area contributed by atoms with Crippen LogP contribution in [0.3, 0.4) is 0 Å². The molecule has 0 bridgehead atoms. The Labute approximate surface area is 128 Å². The largest absolute Gasteiger partial charge is 0.494 e. The first-order valence-electron chi connectivity index (χ1n) is 6.80. The SMILES string of the molecule is CCOc1ccc(OCC(CBr)c2ccccc2)cc1. The molecule has 0 saturated carbocycles. The normalized spacial score (nSPS) is 11.9. The summed E-state index contributed by atoms with van der Waals surface area (Å²) < 4.78 is 11.3. The monoisotopic (exact) mass is 334 g/mol. The van der Waals surface area contributed by atoms with Crippen LogP contribution in [0.4, 0.5) is 0 Å². The van der Waals surface area contributed by atoms with Crippen molar-refractivity contribution in [1.82, 2.24) is 0 Å². The van der Waals surface area contributed by atoms with Gasteiger partial charge in [-0.1, -0.05) is 46.3 Å². The number of hydrogen-bond donors (Lipinski definition) is 0. The molecule has 2 nitrogen and oxygen atoms in total. The van der Waals surface area contributed by atoms with E-state index < -0.39 is 0 Å². The van der Waals surface area contributed by atoms with Crippen LogP contribution in [0.25, 0.3) is 0 Å². The number of rotatable bonds is 7. The maximum absolute atomic E-state index is 5.86. The molecule has 0 aliphatic rings. The van der Waals surface area contributed by atoms with Crippen LogP contribution in [0, 0.1) is 0 Å². The van der Waals surface area contributed by atoms with Crippen molar-refractivity contribution in [2.24, 2.45) is 0 Å². The summed E-state index contributed by atoms with van der Waals surface area (Å²) in [6.45, 7) is 3.31. The minimum atomic E-state index is 0.350. The Bertz CT molecular complexity index is 496. The van der Waals surface area contributed by atoms with Crippen LogP contribution in [0.5, 0.6) is 11.5 Å². The second-order valence-corrected chi connectivity index (χ2v) is 5.12. The van der Waals surface area contributed by atoms with Gasteiger partial charge in [-0.3, -0.25) is 0 Å². The minimum Gasteiger partial charge on any atom is -0.494 e. The van der Waals surface area contributed by atoms with E-state index >= 15 is 0 Å². The van der Waals surface area contributed by atoms with E-state index in [1.807, 2.05) is 37.3 Å². The molecule has 2 aromatic rings. The van der Waals surface area contributed by atoms with E-state index in [1.54, 1.807) is 0 Å². The average molecular weight is 335 g/mol. The molecule has 0 aromatic heterocycles. The average Bonchev–Trinajstić information content (AvgIpc) is 2.51. The highest BCUT2D eigenvalue weighted by Gasteiger charge is 2.10. The van der Waals surface area contributed by atoms with Gasteiger partial charge in [0.15, 0.2) is 0 Å². The Balaban J connectivity index is 1.93. The fourth-order valence-corrected chi connectivity index (χ4v) is 2.51. The van der Waals surface area contributed by atoms with Gasteiger partial charge in [0.05, 0.1) is 13.2 Å². The summed E-state index contributed by atoms with van der Waals surface area (Å²) >= 11 is 3.56. The number of alkyl halides is 1. The van der Waals surface area contributed by atoms with Crippen molar-refractivity contribution in [3.8, 4) is 11.5 Å². The van der Waals surface area contributed by atoms with Gasteiger partial charge < -0.3 is 9.47 Å². The molecule has 0 fully saturated rings. The molecular weight excluding hydrogens is 316 g/mol. The Morgan fingerprint density at radius 2 is 1.50 bits per heavy atom.